The van der Waals surface area contributed by atoms with Crippen molar-refractivity contribution in [2.75, 3.05) is 13.2 Å². The van der Waals surface area contributed by atoms with Crippen molar-refractivity contribution in [3.8, 4) is 11.1 Å². The van der Waals surface area contributed by atoms with Crippen LogP contribution in [-0.2, 0) is 26.0 Å². The van der Waals surface area contributed by atoms with E-state index in [1.54, 1.807) is 19.1 Å². The van der Waals surface area contributed by atoms with Crippen LogP contribution in [-0.4, -0.2) is 61.7 Å². The van der Waals surface area contributed by atoms with Crippen molar-refractivity contribution >= 4 is 15.9 Å². The first kappa shape index (κ1) is 25.2. The van der Waals surface area contributed by atoms with Crippen molar-refractivity contribution in [2.45, 2.75) is 62.0 Å². The van der Waals surface area contributed by atoms with Gasteiger partial charge in [-0.1, -0.05) is 36.4 Å². The molecule has 0 spiro atoms. The maximum Gasteiger partial charge on any atom is 0.283 e. The number of nitrogens with zero attached hydrogens (tertiary/aromatic N) is 1. The molecule has 2 aliphatic heterocycles. The number of carbonyl (C=O) groups excluding carboxylic acids is 1. The minimum absolute atomic E-state index is 0.0212. The number of halogens is 4. The van der Waals surface area contributed by atoms with Crippen LogP contribution in [0, 0.1) is 18.6 Å². The van der Waals surface area contributed by atoms with Crippen LogP contribution in [0.5, 0.6) is 0 Å². The van der Waals surface area contributed by atoms with Crippen LogP contribution < -0.4 is 4.72 Å². The Hall–Kier alpha value is -2.50. The molecule has 0 aromatic heterocycles. The van der Waals surface area contributed by atoms with Crippen LogP contribution in [0.4, 0.5) is 17.6 Å². The van der Waals surface area contributed by atoms with Crippen molar-refractivity contribution in [3.63, 3.8) is 0 Å². The first-order valence-corrected chi connectivity index (χ1v) is 13.4. The molecule has 2 saturated heterocycles. The van der Waals surface area contributed by atoms with Gasteiger partial charge >= 0.3 is 0 Å². The quantitative estimate of drug-likeness (QED) is 0.560. The van der Waals surface area contributed by atoms with Gasteiger partial charge in [-0.25, -0.2) is 30.7 Å². The molecule has 2 aromatic rings. The third-order valence-corrected chi connectivity index (χ3v) is 9.05. The third kappa shape index (κ3) is 4.52. The Kier molecular flexibility index (Phi) is 6.37. The maximum absolute atomic E-state index is 15.7. The second-order valence-corrected chi connectivity index (χ2v) is 11.7. The number of amides is 1. The summed E-state index contributed by atoms with van der Waals surface area (Å²) >= 11 is 0. The predicted octanol–water partition coefficient (Wildman–Crippen LogP) is 3.57. The Labute approximate surface area is 206 Å². The van der Waals surface area contributed by atoms with Gasteiger partial charge in [0, 0.05) is 17.5 Å². The van der Waals surface area contributed by atoms with Gasteiger partial charge in [0.2, 0.25) is 10.0 Å². The van der Waals surface area contributed by atoms with Crippen LogP contribution in [0.2, 0.25) is 0 Å². The Morgan fingerprint density at radius 1 is 1.08 bits per heavy atom. The van der Waals surface area contributed by atoms with Gasteiger partial charge in [0.1, 0.15) is 23.8 Å². The average Bonchev–Trinajstić information content (AvgIpc) is 3.60. The minimum atomic E-state index is -4.04. The summed E-state index contributed by atoms with van der Waals surface area (Å²) in [5.41, 5.74) is 0.264. The molecule has 6 nitrogen and oxygen atoms in total. The zero-order chi connectivity index (χ0) is 25.8. The highest BCUT2D eigenvalue weighted by atomic mass is 32.2. The molecule has 3 fully saturated rings. The maximum atomic E-state index is 15.7. The van der Waals surface area contributed by atoms with Crippen LogP contribution >= 0.6 is 0 Å². The Balaban J connectivity index is 1.52. The van der Waals surface area contributed by atoms with Crippen LogP contribution in [0.3, 0.4) is 0 Å². The molecule has 0 bridgehead atoms. The van der Waals surface area contributed by atoms with Crippen molar-refractivity contribution in [1.82, 2.24) is 9.62 Å². The number of hydrogen-bond donors (Lipinski definition) is 1. The minimum Gasteiger partial charge on any atom is -0.368 e. The highest BCUT2D eigenvalue weighted by molar-refractivity contribution is 7.90. The van der Waals surface area contributed by atoms with Gasteiger partial charge in [-0.2, -0.15) is 0 Å². The van der Waals surface area contributed by atoms with Gasteiger partial charge in [0.15, 0.2) is 0 Å². The van der Waals surface area contributed by atoms with Crippen LogP contribution in [0.15, 0.2) is 36.4 Å². The summed E-state index contributed by atoms with van der Waals surface area (Å²) in [5, 5.41) is -0.752. The molecule has 1 amide bonds. The zero-order valence-electron chi connectivity index (χ0n) is 19.5. The first-order chi connectivity index (χ1) is 17.0. The second kappa shape index (κ2) is 9.11. The molecule has 5 rings (SSSR count). The van der Waals surface area contributed by atoms with Crippen molar-refractivity contribution < 1.29 is 35.5 Å². The van der Waals surface area contributed by atoms with E-state index in [1.165, 1.54) is 24.3 Å². The number of benzene rings is 2. The van der Waals surface area contributed by atoms with E-state index in [0.717, 1.165) is 4.90 Å². The number of ether oxygens (including phenoxy) is 1. The highest BCUT2D eigenvalue weighted by Gasteiger charge is 2.59. The van der Waals surface area contributed by atoms with E-state index < -0.39 is 63.5 Å². The number of nitrogens with one attached hydrogen (secondary N) is 1. The highest BCUT2D eigenvalue weighted by Crippen LogP contribution is 2.39. The topological polar surface area (TPSA) is 75.7 Å². The lowest BCUT2D eigenvalue weighted by Crippen LogP contribution is -2.54. The predicted molar refractivity (Wildman–Crippen MR) is 124 cm³/mol. The molecule has 0 unspecified atom stereocenters. The number of rotatable bonds is 7. The second-order valence-electron chi connectivity index (χ2n) is 9.70. The van der Waals surface area contributed by atoms with Crippen molar-refractivity contribution in [3.05, 3.63) is 59.2 Å². The summed E-state index contributed by atoms with van der Waals surface area (Å²) in [4.78, 5) is 13.9. The molecule has 0 radical (unpaired) electrons. The summed E-state index contributed by atoms with van der Waals surface area (Å²) < 4.78 is 93.3. The lowest BCUT2D eigenvalue weighted by atomic mass is 9.94. The molecule has 1 saturated carbocycles. The lowest BCUT2D eigenvalue weighted by Gasteiger charge is -2.34. The molecular weight excluding hydrogens is 500 g/mol. The van der Waals surface area contributed by atoms with Gasteiger partial charge in [-0.05, 0) is 37.3 Å². The molecule has 1 N–H and O–H groups in total. The first-order valence-electron chi connectivity index (χ1n) is 11.8. The third-order valence-electron chi connectivity index (χ3n) is 7.12. The van der Waals surface area contributed by atoms with Gasteiger partial charge in [-0.15, -0.1) is 0 Å². The molecule has 36 heavy (non-hydrogen) atoms. The molecule has 1 aliphatic carbocycles. The monoisotopic (exact) mass is 526 g/mol. The summed E-state index contributed by atoms with van der Waals surface area (Å²) in [6.45, 7) is 0.855. The number of likely N-dealkylation sites (tertiary alicyclic amines) is 1. The van der Waals surface area contributed by atoms with Gasteiger partial charge in [0.25, 0.3) is 11.8 Å². The Morgan fingerprint density at radius 3 is 2.33 bits per heavy atom. The Bertz CT molecular complexity index is 1290. The Morgan fingerprint density at radius 2 is 1.72 bits per heavy atom. The largest absolute Gasteiger partial charge is 0.368 e. The van der Waals surface area contributed by atoms with Crippen molar-refractivity contribution in [2.24, 2.45) is 0 Å². The van der Waals surface area contributed by atoms with E-state index in [4.69, 9.17) is 4.74 Å². The van der Waals surface area contributed by atoms with E-state index in [1.807, 2.05) is 0 Å². The molecule has 2 heterocycles. The summed E-state index contributed by atoms with van der Waals surface area (Å²) in [6.07, 6.45) is -0.174. The van der Waals surface area contributed by atoms with E-state index in [2.05, 4.69) is 4.72 Å². The lowest BCUT2D eigenvalue weighted by molar-refractivity contribution is -0.158. The van der Waals surface area contributed by atoms with Crippen molar-refractivity contribution in [1.29, 1.82) is 0 Å². The fourth-order valence-electron chi connectivity index (χ4n) is 4.83. The van der Waals surface area contributed by atoms with Crippen LogP contribution in [0.25, 0.3) is 11.1 Å². The number of hydrogen-bond acceptors (Lipinski definition) is 4. The van der Waals surface area contributed by atoms with E-state index >= 15 is 13.2 Å². The summed E-state index contributed by atoms with van der Waals surface area (Å²) in [6, 6.07) is 5.49. The SMILES string of the molecule is Cc1cccc(-c2cccc(C[C@H]3[C@@H](NS(=O)(=O)C4CC4)C(F)(F)CN3C(=O)[C@@H]3CCO3)c2F)c1F. The number of aryl methyl sites for hydroxylation is 1. The van der Waals surface area contributed by atoms with Gasteiger partial charge in [-0.3, -0.25) is 4.79 Å². The zero-order valence-corrected chi connectivity index (χ0v) is 20.3. The smallest absolute Gasteiger partial charge is 0.283 e. The average molecular weight is 527 g/mol. The molecule has 194 valence electrons. The van der Waals surface area contributed by atoms with E-state index in [0.29, 0.717) is 31.4 Å². The molecule has 11 heteroatoms. The summed E-state index contributed by atoms with van der Waals surface area (Å²) in [7, 11) is -4.04. The molecular formula is C25H26F4N2O4S. The molecule has 3 aliphatic rings. The summed E-state index contributed by atoms with van der Waals surface area (Å²) in [5.74, 6) is -5.67. The molecule has 2 aromatic carbocycles. The number of sulfonamides is 1. The van der Waals surface area contributed by atoms with Crippen LogP contribution in [0.1, 0.15) is 30.4 Å². The fraction of sp³-hybridized carbons (Fsp3) is 0.480. The number of alkyl halides is 2. The molecule has 3 atom stereocenters. The van der Waals surface area contributed by atoms with E-state index in [9.17, 15) is 17.6 Å². The van der Waals surface area contributed by atoms with E-state index in [-0.39, 0.29) is 23.1 Å². The standard InChI is InChI=1S/C25H26F4N2O4S/c1-14-4-2-6-17(21(14)26)18-7-3-5-15(22(18)27)12-19-23(30-36(33,34)16-8-9-16)25(28,29)13-31(19)24(32)20-10-11-35-20/h2-7,16,19-20,23,30H,8-13H2,1H3/t19-,20-,23+/m0/s1. The normalized spacial score (nSPS) is 25.6. The van der Waals surface area contributed by atoms with Gasteiger partial charge < -0.3 is 9.64 Å². The fourth-order valence-corrected chi connectivity index (χ4v) is 6.46. The van der Waals surface area contributed by atoms with Gasteiger partial charge in [0.05, 0.1) is 24.4 Å². The number of carbonyl (C=O) groups is 1.